The van der Waals surface area contributed by atoms with Gasteiger partial charge in [-0.25, -0.2) is 4.79 Å². The van der Waals surface area contributed by atoms with E-state index < -0.39 is 0 Å². The molecule has 1 aliphatic carbocycles. The molecule has 2 aliphatic rings. The highest BCUT2D eigenvalue weighted by Gasteiger charge is 2.27. The fourth-order valence-corrected chi connectivity index (χ4v) is 4.17. The van der Waals surface area contributed by atoms with Crippen molar-refractivity contribution in [3.8, 4) is 0 Å². The van der Waals surface area contributed by atoms with Gasteiger partial charge in [0.1, 0.15) is 0 Å². The highest BCUT2D eigenvalue weighted by Crippen LogP contribution is 2.22. The van der Waals surface area contributed by atoms with Crippen molar-refractivity contribution in [2.45, 2.75) is 37.6 Å². The largest absolute Gasteiger partial charge is 0.378 e. The summed E-state index contributed by atoms with van der Waals surface area (Å²) in [4.78, 5) is 29.5. The van der Waals surface area contributed by atoms with E-state index in [1.165, 1.54) is 25.7 Å². The molecular weight excluding hydrogens is 368 g/mol. The molecule has 1 atom stereocenters. The molecule has 3 amide bonds. The molecule has 3 rings (SSSR count). The lowest BCUT2D eigenvalue weighted by Gasteiger charge is -2.30. The Balaban J connectivity index is 1.48. The van der Waals surface area contributed by atoms with E-state index in [4.69, 9.17) is 4.74 Å². The molecule has 1 aromatic carbocycles. The maximum atomic E-state index is 13.1. The number of hydrogen-bond acceptors (Lipinski definition) is 4. The van der Waals surface area contributed by atoms with Gasteiger partial charge >= 0.3 is 6.03 Å². The minimum atomic E-state index is -0.388. The van der Waals surface area contributed by atoms with Crippen molar-refractivity contribution in [3.63, 3.8) is 0 Å². The van der Waals surface area contributed by atoms with Gasteiger partial charge in [0.2, 0.25) is 5.91 Å². The molecule has 0 bridgehead atoms. The van der Waals surface area contributed by atoms with E-state index in [2.05, 4.69) is 22.6 Å². The van der Waals surface area contributed by atoms with Crippen molar-refractivity contribution in [1.82, 2.24) is 20.4 Å². The van der Waals surface area contributed by atoms with Crippen molar-refractivity contribution < 1.29 is 14.3 Å². The van der Waals surface area contributed by atoms with Gasteiger partial charge in [0, 0.05) is 38.8 Å². The van der Waals surface area contributed by atoms with E-state index in [-0.39, 0.29) is 24.4 Å². The first kappa shape index (κ1) is 21.6. The summed E-state index contributed by atoms with van der Waals surface area (Å²) in [5, 5.41) is 5.82. The number of nitrogens with zero attached hydrogens (tertiary/aromatic N) is 2. The molecule has 0 spiro atoms. The number of morpholine rings is 1. The van der Waals surface area contributed by atoms with Crippen molar-refractivity contribution in [2.75, 3.05) is 53.0 Å². The van der Waals surface area contributed by atoms with Gasteiger partial charge in [-0.2, -0.15) is 0 Å². The Bertz CT molecular complexity index is 643. The lowest BCUT2D eigenvalue weighted by Crippen LogP contribution is -2.47. The number of likely N-dealkylation sites (N-methyl/N-ethyl adjacent to an activating group) is 1. The summed E-state index contributed by atoms with van der Waals surface area (Å²) in [6, 6.07) is 10.1. The van der Waals surface area contributed by atoms with Crippen molar-refractivity contribution >= 4 is 11.9 Å². The number of carbonyl (C=O) groups excluding carboxylic acids is 2. The number of carbonyl (C=O) groups is 2. The predicted molar refractivity (Wildman–Crippen MR) is 113 cm³/mol. The Morgan fingerprint density at radius 2 is 1.83 bits per heavy atom. The zero-order valence-electron chi connectivity index (χ0n) is 17.4. The molecule has 1 saturated carbocycles. The Morgan fingerprint density at radius 3 is 2.52 bits per heavy atom. The maximum absolute atomic E-state index is 13.1. The third kappa shape index (κ3) is 6.44. The molecule has 2 N–H and O–H groups in total. The monoisotopic (exact) mass is 402 g/mol. The Morgan fingerprint density at radius 1 is 1.14 bits per heavy atom. The van der Waals surface area contributed by atoms with Gasteiger partial charge in [-0.3, -0.25) is 4.79 Å². The van der Waals surface area contributed by atoms with Crippen LogP contribution in [0.15, 0.2) is 30.3 Å². The smallest absolute Gasteiger partial charge is 0.314 e. The van der Waals surface area contributed by atoms with Crippen LogP contribution in [-0.4, -0.2) is 80.8 Å². The first-order valence-electron chi connectivity index (χ1n) is 10.8. The summed E-state index contributed by atoms with van der Waals surface area (Å²) in [7, 11) is 2.13. The van der Waals surface area contributed by atoms with Crippen LogP contribution in [0.5, 0.6) is 0 Å². The maximum Gasteiger partial charge on any atom is 0.314 e. The van der Waals surface area contributed by atoms with Crippen molar-refractivity contribution in [1.29, 1.82) is 0 Å². The van der Waals surface area contributed by atoms with Crippen LogP contribution in [0.25, 0.3) is 0 Å². The SMILES string of the molecule is CN(CCNC(=O)NCC(C(=O)N1CCOCC1)c1ccccc1)C1CCCC1. The third-order valence-corrected chi connectivity index (χ3v) is 5.99. The normalized spacial score (nSPS) is 18.6. The minimum Gasteiger partial charge on any atom is -0.378 e. The minimum absolute atomic E-state index is 0.0424. The summed E-state index contributed by atoms with van der Waals surface area (Å²) in [5.41, 5.74) is 0.922. The molecule has 2 fully saturated rings. The standard InChI is InChI=1S/C22H34N4O3/c1-25(19-9-5-6-10-19)12-11-23-22(28)24-17-20(18-7-3-2-4-8-18)21(27)26-13-15-29-16-14-26/h2-4,7-8,19-20H,5-6,9-17H2,1H3,(H2,23,24,28). The lowest BCUT2D eigenvalue weighted by atomic mass is 9.97. The summed E-state index contributed by atoms with van der Waals surface area (Å²) in [6.07, 6.45) is 5.12. The molecule has 1 aromatic rings. The number of ether oxygens (including phenoxy) is 1. The van der Waals surface area contributed by atoms with Crippen LogP contribution in [-0.2, 0) is 9.53 Å². The van der Waals surface area contributed by atoms with Crippen molar-refractivity contribution in [3.05, 3.63) is 35.9 Å². The summed E-state index contributed by atoms with van der Waals surface area (Å²) >= 11 is 0. The fraction of sp³-hybridized carbons (Fsp3) is 0.636. The molecular formula is C22H34N4O3. The predicted octanol–water partition coefficient (Wildman–Crippen LogP) is 1.80. The average Bonchev–Trinajstić information content (AvgIpc) is 3.30. The molecule has 0 radical (unpaired) electrons. The van der Waals surface area contributed by atoms with Gasteiger partial charge in [0.25, 0.3) is 0 Å². The van der Waals surface area contributed by atoms with Crippen molar-refractivity contribution in [2.24, 2.45) is 0 Å². The average molecular weight is 403 g/mol. The third-order valence-electron chi connectivity index (χ3n) is 5.99. The molecule has 1 unspecified atom stereocenters. The van der Waals surface area contributed by atoms with E-state index >= 15 is 0 Å². The molecule has 7 nitrogen and oxygen atoms in total. The Hall–Kier alpha value is -2.12. The second kappa shape index (κ2) is 11.2. The van der Waals surface area contributed by atoms with Crippen LogP contribution in [0.3, 0.4) is 0 Å². The fourth-order valence-electron chi connectivity index (χ4n) is 4.17. The van der Waals surface area contributed by atoms with Gasteiger partial charge in [-0.15, -0.1) is 0 Å². The highest BCUT2D eigenvalue weighted by atomic mass is 16.5. The summed E-state index contributed by atoms with van der Waals surface area (Å²) < 4.78 is 5.36. The van der Waals surface area contributed by atoms with Crippen LogP contribution in [0.2, 0.25) is 0 Å². The van der Waals surface area contributed by atoms with Crippen LogP contribution in [0.1, 0.15) is 37.2 Å². The zero-order valence-corrected chi connectivity index (χ0v) is 17.4. The van der Waals surface area contributed by atoms with Gasteiger partial charge in [-0.1, -0.05) is 43.2 Å². The van der Waals surface area contributed by atoms with Crippen LogP contribution >= 0.6 is 0 Å². The molecule has 1 heterocycles. The van der Waals surface area contributed by atoms with Gasteiger partial charge in [0.05, 0.1) is 19.1 Å². The lowest BCUT2D eigenvalue weighted by molar-refractivity contribution is -0.136. The molecule has 1 saturated heterocycles. The first-order chi connectivity index (χ1) is 14.1. The van der Waals surface area contributed by atoms with Gasteiger partial charge in [0.15, 0.2) is 0 Å². The second-order valence-corrected chi connectivity index (χ2v) is 7.96. The number of hydrogen-bond donors (Lipinski definition) is 2. The quantitative estimate of drug-likeness (QED) is 0.695. The number of amides is 3. The van der Waals surface area contributed by atoms with Crippen LogP contribution in [0.4, 0.5) is 4.79 Å². The number of urea groups is 1. The number of benzene rings is 1. The van der Waals surface area contributed by atoms with E-state index in [0.29, 0.717) is 38.9 Å². The topological polar surface area (TPSA) is 73.9 Å². The summed E-state index contributed by atoms with van der Waals surface area (Å²) in [5.74, 6) is -0.345. The summed E-state index contributed by atoms with van der Waals surface area (Å²) in [6.45, 7) is 4.05. The number of rotatable bonds is 8. The Kier molecular flexibility index (Phi) is 8.31. The number of nitrogens with one attached hydrogen (secondary N) is 2. The zero-order chi connectivity index (χ0) is 20.5. The van der Waals surface area contributed by atoms with Crippen LogP contribution in [0, 0.1) is 0 Å². The second-order valence-electron chi connectivity index (χ2n) is 7.96. The molecule has 7 heteroatoms. The molecule has 29 heavy (non-hydrogen) atoms. The molecule has 0 aromatic heterocycles. The van der Waals surface area contributed by atoms with Gasteiger partial charge in [-0.05, 0) is 25.5 Å². The van der Waals surface area contributed by atoms with E-state index in [1.807, 2.05) is 35.2 Å². The van der Waals surface area contributed by atoms with E-state index in [1.54, 1.807) is 0 Å². The van der Waals surface area contributed by atoms with Gasteiger partial charge < -0.3 is 25.2 Å². The molecule has 160 valence electrons. The van der Waals surface area contributed by atoms with Crippen LogP contribution < -0.4 is 10.6 Å². The molecule has 1 aliphatic heterocycles. The van der Waals surface area contributed by atoms with E-state index in [0.717, 1.165) is 12.1 Å². The highest BCUT2D eigenvalue weighted by molar-refractivity contribution is 5.85. The first-order valence-corrected chi connectivity index (χ1v) is 10.8. The Labute approximate surface area is 173 Å². The van der Waals surface area contributed by atoms with E-state index in [9.17, 15) is 9.59 Å².